The fourth-order valence-corrected chi connectivity index (χ4v) is 1.25. The van der Waals surface area contributed by atoms with E-state index < -0.39 is 11.4 Å². The van der Waals surface area contributed by atoms with Crippen LogP contribution in [0.15, 0.2) is 18.2 Å². The van der Waals surface area contributed by atoms with Gasteiger partial charge >= 0.3 is 0 Å². The molecule has 0 fully saturated rings. The maximum atomic E-state index is 13.5. The van der Waals surface area contributed by atoms with E-state index in [2.05, 4.69) is 0 Å². The van der Waals surface area contributed by atoms with Crippen molar-refractivity contribution in [2.45, 2.75) is 39.2 Å². The van der Waals surface area contributed by atoms with Crippen LogP contribution in [0.1, 0.15) is 39.2 Å². The Morgan fingerprint density at radius 2 is 2.00 bits per heavy atom. The van der Waals surface area contributed by atoms with Crippen LogP contribution in [-0.2, 0) is 0 Å². The van der Waals surface area contributed by atoms with Crippen molar-refractivity contribution in [1.82, 2.24) is 0 Å². The highest BCUT2D eigenvalue weighted by atomic mass is 19.1. The van der Waals surface area contributed by atoms with Gasteiger partial charge in [-0.15, -0.1) is 0 Å². The van der Waals surface area contributed by atoms with Gasteiger partial charge in [0, 0.05) is 0 Å². The Hall–Kier alpha value is -1.56. The zero-order valence-electron chi connectivity index (χ0n) is 10.0. The van der Waals surface area contributed by atoms with Crippen LogP contribution in [0, 0.1) is 17.1 Å². The van der Waals surface area contributed by atoms with Crippen molar-refractivity contribution in [3.63, 3.8) is 0 Å². The van der Waals surface area contributed by atoms with E-state index in [4.69, 9.17) is 10.00 Å². The number of nitriles is 1. The number of nitrogens with zero attached hydrogens (tertiary/aromatic N) is 1. The molecule has 1 aromatic carbocycles. The molecule has 0 amide bonds. The van der Waals surface area contributed by atoms with Crippen molar-refractivity contribution in [2.24, 2.45) is 0 Å². The molecule has 0 aliphatic rings. The molecule has 0 N–H and O–H groups in total. The topological polar surface area (TPSA) is 33.0 Å². The smallest absolute Gasteiger partial charge is 0.188 e. The Morgan fingerprint density at radius 3 is 2.50 bits per heavy atom. The average Bonchev–Trinajstić information content (AvgIpc) is 2.21. The molecule has 0 aliphatic carbocycles. The first-order chi connectivity index (χ1) is 7.35. The number of benzene rings is 1. The first kappa shape index (κ1) is 12.5. The number of rotatable bonds is 3. The Kier molecular flexibility index (Phi) is 3.54. The van der Waals surface area contributed by atoms with Crippen molar-refractivity contribution >= 4 is 0 Å². The molecule has 86 valence electrons. The van der Waals surface area contributed by atoms with Crippen molar-refractivity contribution in [1.29, 1.82) is 5.26 Å². The summed E-state index contributed by atoms with van der Waals surface area (Å²) >= 11 is 0. The maximum Gasteiger partial charge on any atom is 0.188 e. The second-order valence-corrected chi connectivity index (χ2v) is 4.57. The van der Waals surface area contributed by atoms with Crippen LogP contribution in [0.25, 0.3) is 0 Å². The van der Waals surface area contributed by atoms with E-state index in [1.807, 2.05) is 19.9 Å². The van der Waals surface area contributed by atoms with Gasteiger partial charge in [-0.2, -0.15) is 5.26 Å². The Bertz CT molecular complexity index is 418. The third-order valence-corrected chi connectivity index (χ3v) is 2.26. The first-order valence-electron chi connectivity index (χ1n) is 5.25. The molecule has 0 aliphatic heterocycles. The zero-order valence-corrected chi connectivity index (χ0v) is 10.0. The second-order valence-electron chi connectivity index (χ2n) is 4.57. The highest BCUT2D eigenvalue weighted by molar-refractivity contribution is 5.33. The van der Waals surface area contributed by atoms with Gasteiger partial charge < -0.3 is 4.74 Å². The first-order valence-corrected chi connectivity index (χ1v) is 5.25. The minimum Gasteiger partial charge on any atom is -0.470 e. The normalized spacial score (nSPS) is 11.3. The van der Waals surface area contributed by atoms with Crippen molar-refractivity contribution in [3.8, 4) is 11.8 Å². The summed E-state index contributed by atoms with van der Waals surface area (Å²) in [6.45, 7) is 7.25. The average molecular weight is 221 g/mol. The molecule has 0 bridgehead atoms. The molecule has 0 atom stereocenters. The highest BCUT2D eigenvalue weighted by Gasteiger charge is 2.20. The van der Waals surface area contributed by atoms with Crippen LogP contribution in [-0.4, -0.2) is 5.60 Å². The molecule has 2 nitrogen and oxygen atoms in total. The Labute approximate surface area is 95.7 Å². The summed E-state index contributed by atoms with van der Waals surface area (Å²) in [6.07, 6.45) is 0. The molecule has 0 saturated heterocycles. The molecule has 0 spiro atoms. The van der Waals surface area contributed by atoms with E-state index in [-0.39, 0.29) is 5.75 Å². The fraction of sp³-hybridized carbons (Fsp3) is 0.462. The summed E-state index contributed by atoms with van der Waals surface area (Å²) in [5.41, 5.74) is -0.0265. The SMILES string of the molecule is CC(C)c1ccc(F)c(OC(C)(C)C#N)c1. The van der Waals surface area contributed by atoms with E-state index in [1.165, 1.54) is 6.07 Å². The van der Waals surface area contributed by atoms with Gasteiger partial charge in [0.1, 0.15) is 6.07 Å². The van der Waals surface area contributed by atoms with Gasteiger partial charge in [-0.05, 0) is 37.5 Å². The van der Waals surface area contributed by atoms with Gasteiger partial charge in [-0.1, -0.05) is 19.9 Å². The van der Waals surface area contributed by atoms with E-state index in [0.29, 0.717) is 5.92 Å². The standard InChI is InChI=1S/C13H16FNO/c1-9(2)10-5-6-11(14)12(7-10)16-13(3,4)8-15/h5-7,9H,1-4H3. The Morgan fingerprint density at radius 1 is 1.38 bits per heavy atom. The van der Waals surface area contributed by atoms with E-state index in [0.717, 1.165) is 5.56 Å². The van der Waals surface area contributed by atoms with Gasteiger partial charge in [0.25, 0.3) is 0 Å². The molecule has 0 unspecified atom stereocenters. The minimum atomic E-state index is -1.02. The lowest BCUT2D eigenvalue weighted by molar-refractivity contribution is 0.162. The molecule has 0 radical (unpaired) electrons. The van der Waals surface area contributed by atoms with E-state index in [1.54, 1.807) is 26.0 Å². The summed E-state index contributed by atoms with van der Waals surface area (Å²) in [7, 11) is 0. The summed E-state index contributed by atoms with van der Waals surface area (Å²) in [6, 6.07) is 6.73. The number of halogens is 1. The summed E-state index contributed by atoms with van der Waals surface area (Å²) in [5, 5.41) is 8.83. The third-order valence-electron chi connectivity index (χ3n) is 2.26. The minimum absolute atomic E-state index is 0.137. The van der Waals surface area contributed by atoms with Crippen LogP contribution < -0.4 is 4.74 Å². The quantitative estimate of drug-likeness (QED) is 0.780. The summed E-state index contributed by atoms with van der Waals surface area (Å²) < 4.78 is 18.8. The molecular formula is C13H16FNO. The zero-order chi connectivity index (χ0) is 12.3. The molecule has 0 aromatic heterocycles. The maximum absolute atomic E-state index is 13.5. The lowest BCUT2D eigenvalue weighted by Gasteiger charge is -2.19. The lowest BCUT2D eigenvalue weighted by Crippen LogP contribution is -2.26. The van der Waals surface area contributed by atoms with Gasteiger partial charge in [0.05, 0.1) is 0 Å². The van der Waals surface area contributed by atoms with Gasteiger partial charge in [0.15, 0.2) is 17.2 Å². The van der Waals surface area contributed by atoms with Crippen molar-refractivity contribution < 1.29 is 9.13 Å². The van der Waals surface area contributed by atoms with E-state index in [9.17, 15) is 4.39 Å². The van der Waals surface area contributed by atoms with Crippen molar-refractivity contribution in [2.75, 3.05) is 0 Å². The third kappa shape index (κ3) is 2.96. The molecular weight excluding hydrogens is 205 g/mol. The predicted octanol–water partition coefficient (Wildman–Crippen LogP) is 3.63. The number of hydrogen-bond acceptors (Lipinski definition) is 2. The van der Waals surface area contributed by atoms with Crippen LogP contribution in [0.2, 0.25) is 0 Å². The number of hydrogen-bond donors (Lipinski definition) is 0. The van der Waals surface area contributed by atoms with Gasteiger partial charge in [-0.25, -0.2) is 4.39 Å². The molecule has 0 heterocycles. The van der Waals surface area contributed by atoms with Gasteiger partial charge in [0.2, 0.25) is 0 Å². The monoisotopic (exact) mass is 221 g/mol. The molecule has 1 aromatic rings. The van der Waals surface area contributed by atoms with Gasteiger partial charge in [-0.3, -0.25) is 0 Å². The summed E-state index contributed by atoms with van der Waals surface area (Å²) in [5.74, 6) is -0.00128. The highest BCUT2D eigenvalue weighted by Crippen LogP contribution is 2.26. The molecule has 0 saturated carbocycles. The van der Waals surface area contributed by atoms with E-state index >= 15 is 0 Å². The van der Waals surface area contributed by atoms with Crippen LogP contribution >= 0.6 is 0 Å². The van der Waals surface area contributed by atoms with Crippen LogP contribution in [0.3, 0.4) is 0 Å². The summed E-state index contributed by atoms with van der Waals surface area (Å²) in [4.78, 5) is 0. The lowest BCUT2D eigenvalue weighted by atomic mass is 10.0. The fourth-order valence-electron chi connectivity index (χ4n) is 1.25. The predicted molar refractivity (Wildman–Crippen MR) is 60.8 cm³/mol. The van der Waals surface area contributed by atoms with Crippen molar-refractivity contribution in [3.05, 3.63) is 29.6 Å². The largest absolute Gasteiger partial charge is 0.470 e. The molecule has 3 heteroatoms. The number of ether oxygens (including phenoxy) is 1. The second kappa shape index (κ2) is 4.52. The molecule has 1 rings (SSSR count). The Balaban J connectivity index is 3.05. The van der Waals surface area contributed by atoms with Crippen LogP contribution in [0.4, 0.5) is 4.39 Å². The molecule has 16 heavy (non-hydrogen) atoms. The van der Waals surface area contributed by atoms with Crippen LogP contribution in [0.5, 0.6) is 5.75 Å².